The number of thiol groups is 1. The number of hydrogen-bond acceptors (Lipinski definition) is 4. The minimum absolute atomic E-state index is 0.520. The van der Waals surface area contributed by atoms with Gasteiger partial charge < -0.3 is 5.32 Å². The minimum Gasteiger partial charge on any atom is -0.332 e. The van der Waals surface area contributed by atoms with Gasteiger partial charge in [0.2, 0.25) is 0 Å². The average molecular weight is 176 g/mol. The van der Waals surface area contributed by atoms with Crippen LogP contribution in [-0.4, -0.2) is 10.2 Å². The molecule has 0 bridgehead atoms. The first kappa shape index (κ1) is 7.11. The van der Waals surface area contributed by atoms with Crippen molar-refractivity contribution in [2.75, 3.05) is 0 Å². The van der Waals surface area contributed by atoms with Gasteiger partial charge in [0.25, 0.3) is 0 Å². The zero-order chi connectivity index (χ0) is 6.85. The summed E-state index contributed by atoms with van der Waals surface area (Å²) in [6.07, 6.45) is 0. The van der Waals surface area contributed by atoms with Gasteiger partial charge >= 0.3 is 0 Å². The summed E-state index contributed by atoms with van der Waals surface area (Å²) in [6.45, 7) is 3.62. The number of nitrogens with zero attached hydrogens (tertiary/aromatic N) is 1. The van der Waals surface area contributed by atoms with Crippen LogP contribution in [0.4, 0.5) is 0 Å². The first-order chi connectivity index (χ1) is 4.24. The monoisotopic (exact) mass is 176 g/mol. The fourth-order valence-corrected chi connectivity index (χ4v) is 1.17. The third-order valence-electron chi connectivity index (χ3n) is 0.806. The van der Waals surface area contributed by atoms with Crippen molar-refractivity contribution >= 4 is 44.8 Å². The Kier molecular flexibility index (Phi) is 2.15. The zero-order valence-electron chi connectivity index (χ0n) is 4.42. The lowest BCUT2D eigenvalue weighted by Crippen LogP contribution is -2.11. The quantitative estimate of drug-likeness (QED) is 0.252. The summed E-state index contributed by atoms with van der Waals surface area (Å²) in [5.41, 5.74) is 0.682. The summed E-state index contributed by atoms with van der Waals surface area (Å²) in [4.78, 5) is 4.43. The van der Waals surface area contributed by atoms with Crippen molar-refractivity contribution < 1.29 is 0 Å². The maximum absolute atomic E-state index is 4.79. The Morgan fingerprint density at radius 1 is 1.78 bits per heavy atom. The summed E-state index contributed by atoms with van der Waals surface area (Å²) < 4.78 is 0. The van der Waals surface area contributed by atoms with Crippen LogP contribution >= 0.6 is 34.7 Å². The first-order valence-corrected chi connectivity index (χ1v) is 4.42. The second kappa shape index (κ2) is 2.72. The molecule has 1 aliphatic rings. The molecule has 1 aliphatic heterocycles. The van der Waals surface area contributed by atoms with Crippen LogP contribution in [-0.2, 0) is 0 Å². The molecule has 0 spiro atoms. The Balaban J connectivity index is 2.74. The smallest absolute Gasteiger partial charge is 0.177 e. The van der Waals surface area contributed by atoms with E-state index in [2.05, 4.69) is 28.5 Å². The van der Waals surface area contributed by atoms with Crippen LogP contribution in [0.25, 0.3) is 0 Å². The van der Waals surface area contributed by atoms with Gasteiger partial charge in [-0.3, -0.25) is 0 Å². The minimum atomic E-state index is 0.520. The van der Waals surface area contributed by atoms with Crippen LogP contribution in [0, 0.1) is 0 Å². The Morgan fingerprint density at radius 2 is 2.44 bits per heavy atom. The molecule has 1 heterocycles. The molecule has 5 heteroatoms. The van der Waals surface area contributed by atoms with Gasteiger partial charge in [0.05, 0.1) is 5.70 Å². The van der Waals surface area contributed by atoms with Crippen molar-refractivity contribution in [2.24, 2.45) is 4.99 Å². The highest BCUT2D eigenvalue weighted by molar-refractivity contribution is 8.74. The van der Waals surface area contributed by atoms with Crippen molar-refractivity contribution in [3.63, 3.8) is 0 Å². The lowest BCUT2D eigenvalue weighted by molar-refractivity contribution is 1.30. The summed E-state index contributed by atoms with van der Waals surface area (Å²) in [5.74, 6) is 0. The molecule has 0 fully saturated rings. The number of hydrogen-bond donors (Lipinski definition) is 2. The molecule has 0 saturated carbocycles. The van der Waals surface area contributed by atoms with E-state index in [0.29, 0.717) is 15.9 Å². The zero-order valence-corrected chi connectivity index (χ0v) is 6.95. The predicted octanol–water partition coefficient (Wildman–Crippen LogP) is 1.36. The molecule has 0 atom stereocenters. The van der Waals surface area contributed by atoms with Crippen molar-refractivity contribution in [2.45, 2.75) is 0 Å². The van der Waals surface area contributed by atoms with Crippen LogP contribution in [0.2, 0.25) is 0 Å². The average Bonchev–Trinajstić information content (AvgIpc) is 2.13. The highest BCUT2D eigenvalue weighted by atomic mass is 33.1. The van der Waals surface area contributed by atoms with Crippen molar-refractivity contribution in [3.05, 3.63) is 12.3 Å². The van der Waals surface area contributed by atoms with Gasteiger partial charge in [-0.2, -0.15) is 0 Å². The molecule has 0 aromatic rings. The van der Waals surface area contributed by atoms with Crippen LogP contribution in [0.5, 0.6) is 0 Å². The van der Waals surface area contributed by atoms with E-state index in [4.69, 9.17) is 12.2 Å². The Bertz CT molecular complexity index is 196. The number of thiocarbonyl (C=S) groups is 1. The number of nitrogens with one attached hydrogen (secondary N) is 1. The van der Waals surface area contributed by atoms with E-state index < -0.39 is 0 Å². The molecular weight excluding hydrogens is 172 g/mol. The Hall–Kier alpha value is -0.000000000000000139. The van der Waals surface area contributed by atoms with Crippen molar-refractivity contribution in [3.8, 4) is 0 Å². The topological polar surface area (TPSA) is 24.4 Å². The molecule has 1 N–H and O–H groups in total. The molecule has 1 rings (SSSR count). The van der Waals surface area contributed by atoms with E-state index in [-0.39, 0.29) is 0 Å². The van der Waals surface area contributed by atoms with Crippen LogP contribution in [0.3, 0.4) is 0 Å². The molecule has 0 aromatic heterocycles. The number of amidine groups is 1. The normalized spacial score (nSPS) is 17.7. The summed E-state index contributed by atoms with van der Waals surface area (Å²) in [6, 6.07) is 0. The summed E-state index contributed by atoms with van der Waals surface area (Å²) >= 11 is 8.71. The highest BCUT2D eigenvalue weighted by Crippen LogP contribution is 2.13. The second-order valence-corrected chi connectivity index (χ2v) is 2.92. The lowest BCUT2D eigenvalue weighted by Gasteiger charge is -1.92. The lowest BCUT2D eigenvalue weighted by atomic mass is 10.5. The van der Waals surface area contributed by atoms with Crippen LogP contribution < -0.4 is 5.32 Å². The van der Waals surface area contributed by atoms with E-state index in [0.717, 1.165) is 0 Å². The summed E-state index contributed by atoms with van der Waals surface area (Å²) in [7, 11) is 1.22. The first-order valence-electron chi connectivity index (χ1n) is 2.14. The van der Waals surface area contributed by atoms with E-state index >= 15 is 0 Å². The van der Waals surface area contributed by atoms with Crippen molar-refractivity contribution in [1.82, 2.24) is 5.32 Å². The Morgan fingerprint density at radius 3 is 2.67 bits per heavy atom. The van der Waals surface area contributed by atoms with Gasteiger partial charge in [0.15, 0.2) is 10.2 Å². The molecule has 0 unspecified atom stereocenters. The fraction of sp³-hybridized carbons (Fsp3) is 0. The maximum atomic E-state index is 4.79. The molecule has 0 amide bonds. The van der Waals surface area contributed by atoms with Gasteiger partial charge in [-0.15, -0.1) is 11.7 Å². The second-order valence-electron chi connectivity index (χ2n) is 1.42. The van der Waals surface area contributed by atoms with Gasteiger partial charge in [0.1, 0.15) is 0 Å². The molecule has 48 valence electrons. The Labute approximate surface area is 67.6 Å². The van der Waals surface area contributed by atoms with E-state index in [9.17, 15) is 0 Å². The third kappa shape index (κ3) is 1.47. The van der Waals surface area contributed by atoms with E-state index in [1.54, 1.807) is 0 Å². The summed E-state index contributed by atoms with van der Waals surface area (Å²) in [5, 5.41) is 3.56. The molecule has 0 radical (unpaired) electrons. The fourth-order valence-electron chi connectivity index (χ4n) is 0.413. The third-order valence-corrected chi connectivity index (χ3v) is 2.03. The van der Waals surface area contributed by atoms with Gasteiger partial charge in [-0.05, 0) is 10.8 Å². The molecule has 0 aromatic carbocycles. The maximum Gasteiger partial charge on any atom is 0.177 e. The molecular formula is C4H4N2S3. The van der Waals surface area contributed by atoms with E-state index in [1.807, 2.05) is 0 Å². The number of aliphatic imine (C=N–C) groups is 1. The van der Waals surface area contributed by atoms with Crippen molar-refractivity contribution in [1.29, 1.82) is 0 Å². The van der Waals surface area contributed by atoms with E-state index in [1.165, 1.54) is 10.8 Å². The van der Waals surface area contributed by atoms with Crippen LogP contribution in [0.15, 0.2) is 17.3 Å². The van der Waals surface area contributed by atoms with Gasteiger partial charge in [0, 0.05) is 0 Å². The standard InChI is InChI=1S/C4H4N2S3/c1-2-3(7)6-4(5-2)9-8/h8H,1H2,(H,5,6,7). The highest BCUT2D eigenvalue weighted by Gasteiger charge is 2.12. The number of rotatable bonds is 0. The molecule has 0 aliphatic carbocycles. The molecule has 2 nitrogen and oxygen atoms in total. The molecule has 9 heavy (non-hydrogen) atoms. The SMILES string of the molecule is C=C1NC(SS)=NC1=S. The van der Waals surface area contributed by atoms with Gasteiger partial charge in [-0.1, -0.05) is 18.8 Å². The van der Waals surface area contributed by atoms with Crippen LogP contribution in [0.1, 0.15) is 0 Å². The van der Waals surface area contributed by atoms with Gasteiger partial charge in [-0.25, -0.2) is 4.99 Å². The predicted molar refractivity (Wildman–Crippen MR) is 48.9 cm³/mol. The largest absolute Gasteiger partial charge is 0.332 e. The molecule has 0 saturated heterocycles.